The molecule has 2 rings (SSSR count). The lowest BCUT2D eigenvalue weighted by molar-refractivity contribution is -0.147. The SMILES string of the molecule is COC(=O)[C@H](NC(=O)C(C)(C)NC(=O)[C@@H]1CCCN1C(=O)[C@H](Cc1cncn1C)NC(=O)OC(C)(C)C)C(C)C. The standard InChI is InChI=1S/C27H44N6O7/c1-16(2)20(23(36)39-9)30-24(37)27(6,7)31-21(34)19-11-10-12-33(19)22(35)18(13-17-14-28-15-32(17)8)29-25(38)40-26(3,4)5/h14-16,18-20H,10-13H2,1-9H3,(H,29,38)(H,30,37)(H,31,34)/t18-,19-,20+/m0/s1. The number of carbonyl (C=O) groups excluding carboxylic acids is 5. The lowest BCUT2D eigenvalue weighted by Crippen LogP contribution is -2.62. The van der Waals surface area contributed by atoms with Crippen LogP contribution in [0.25, 0.3) is 0 Å². The van der Waals surface area contributed by atoms with Gasteiger partial charge in [0.25, 0.3) is 0 Å². The fourth-order valence-corrected chi connectivity index (χ4v) is 4.34. The van der Waals surface area contributed by atoms with Crippen LogP contribution in [0.2, 0.25) is 0 Å². The first-order valence-corrected chi connectivity index (χ1v) is 13.4. The molecule has 0 bridgehead atoms. The van der Waals surface area contributed by atoms with Gasteiger partial charge in [-0.1, -0.05) is 13.8 Å². The van der Waals surface area contributed by atoms with Crippen molar-refractivity contribution in [1.82, 2.24) is 30.4 Å². The topological polar surface area (TPSA) is 161 Å². The zero-order valence-corrected chi connectivity index (χ0v) is 25.0. The summed E-state index contributed by atoms with van der Waals surface area (Å²) in [5.74, 6) is -2.35. The van der Waals surface area contributed by atoms with Gasteiger partial charge in [0.2, 0.25) is 17.7 Å². The van der Waals surface area contributed by atoms with E-state index in [9.17, 15) is 24.0 Å². The molecule has 1 aliphatic rings. The van der Waals surface area contributed by atoms with Crippen molar-refractivity contribution in [2.45, 2.75) is 97.0 Å². The molecular weight excluding hydrogens is 520 g/mol. The van der Waals surface area contributed by atoms with Gasteiger partial charge in [-0.05, 0) is 53.4 Å². The van der Waals surface area contributed by atoms with E-state index in [1.807, 2.05) is 0 Å². The number of amides is 4. The maximum Gasteiger partial charge on any atom is 0.408 e. The van der Waals surface area contributed by atoms with Crippen LogP contribution >= 0.6 is 0 Å². The number of alkyl carbamates (subject to hydrolysis) is 1. The van der Waals surface area contributed by atoms with Gasteiger partial charge in [0.05, 0.1) is 13.4 Å². The van der Waals surface area contributed by atoms with E-state index in [0.717, 1.165) is 0 Å². The lowest BCUT2D eigenvalue weighted by atomic mass is 9.99. The van der Waals surface area contributed by atoms with E-state index < -0.39 is 59.0 Å². The van der Waals surface area contributed by atoms with Crippen molar-refractivity contribution in [3.8, 4) is 0 Å². The molecule has 2 heterocycles. The summed E-state index contributed by atoms with van der Waals surface area (Å²) in [7, 11) is 3.02. The molecule has 224 valence electrons. The maximum absolute atomic E-state index is 13.7. The Labute approximate surface area is 235 Å². The van der Waals surface area contributed by atoms with Crippen LogP contribution in [-0.4, -0.2) is 87.2 Å². The highest BCUT2D eigenvalue weighted by atomic mass is 16.6. The molecule has 0 spiro atoms. The molecule has 4 amide bonds. The number of nitrogens with zero attached hydrogens (tertiary/aromatic N) is 3. The van der Waals surface area contributed by atoms with Crippen LogP contribution in [0, 0.1) is 5.92 Å². The molecule has 40 heavy (non-hydrogen) atoms. The van der Waals surface area contributed by atoms with E-state index in [-0.39, 0.29) is 12.3 Å². The molecule has 3 N–H and O–H groups in total. The Balaban J connectivity index is 2.20. The van der Waals surface area contributed by atoms with Crippen LogP contribution in [0.3, 0.4) is 0 Å². The number of likely N-dealkylation sites (tertiary alicyclic amines) is 1. The number of ether oxygens (including phenoxy) is 2. The number of esters is 1. The number of aromatic nitrogens is 2. The quantitative estimate of drug-likeness (QED) is 0.356. The van der Waals surface area contributed by atoms with Crippen molar-refractivity contribution >= 4 is 29.8 Å². The van der Waals surface area contributed by atoms with Gasteiger partial charge in [-0.25, -0.2) is 14.6 Å². The van der Waals surface area contributed by atoms with E-state index in [1.54, 1.807) is 58.8 Å². The molecule has 13 nitrogen and oxygen atoms in total. The largest absolute Gasteiger partial charge is 0.467 e. The molecule has 0 radical (unpaired) electrons. The second kappa shape index (κ2) is 13.1. The van der Waals surface area contributed by atoms with E-state index in [1.165, 1.54) is 25.9 Å². The average molecular weight is 565 g/mol. The van der Waals surface area contributed by atoms with Crippen LogP contribution in [0.15, 0.2) is 12.5 Å². The molecule has 1 fully saturated rings. The summed E-state index contributed by atoms with van der Waals surface area (Å²) >= 11 is 0. The Morgan fingerprint density at radius 1 is 1.10 bits per heavy atom. The second-order valence-corrected chi connectivity index (χ2v) is 11.9. The molecule has 13 heteroatoms. The van der Waals surface area contributed by atoms with Crippen molar-refractivity contribution in [3.63, 3.8) is 0 Å². The minimum atomic E-state index is -1.39. The third kappa shape index (κ3) is 8.68. The highest BCUT2D eigenvalue weighted by Crippen LogP contribution is 2.21. The summed E-state index contributed by atoms with van der Waals surface area (Å²) in [5.41, 5.74) is -1.45. The molecule has 1 aromatic rings. The molecule has 1 aromatic heterocycles. The van der Waals surface area contributed by atoms with E-state index in [2.05, 4.69) is 20.9 Å². The molecule has 1 saturated heterocycles. The minimum Gasteiger partial charge on any atom is -0.467 e. The molecular formula is C27H44N6O7. The first kappa shape index (κ1) is 32.6. The highest BCUT2D eigenvalue weighted by molar-refractivity contribution is 5.96. The number of rotatable bonds is 10. The van der Waals surface area contributed by atoms with Gasteiger partial charge in [0.15, 0.2) is 0 Å². The minimum absolute atomic E-state index is 0.136. The molecule has 0 saturated carbocycles. The van der Waals surface area contributed by atoms with Crippen LogP contribution in [0.5, 0.6) is 0 Å². The fraction of sp³-hybridized carbons (Fsp3) is 0.704. The van der Waals surface area contributed by atoms with Gasteiger partial charge >= 0.3 is 12.1 Å². The van der Waals surface area contributed by atoms with Gasteiger partial charge < -0.3 is 34.9 Å². The summed E-state index contributed by atoms with van der Waals surface area (Å²) in [6.07, 6.45) is 3.53. The maximum atomic E-state index is 13.7. The number of hydrogen-bond donors (Lipinski definition) is 3. The Hall–Kier alpha value is -3.64. The Kier molecular flexibility index (Phi) is 10.7. The Bertz CT molecular complexity index is 1090. The number of methoxy groups -OCH3 is 1. The molecule has 0 aliphatic carbocycles. The molecule has 0 aromatic carbocycles. The monoisotopic (exact) mass is 564 g/mol. The van der Waals surface area contributed by atoms with Crippen molar-refractivity contribution in [2.24, 2.45) is 13.0 Å². The van der Waals surface area contributed by atoms with E-state index in [0.29, 0.717) is 25.1 Å². The summed E-state index contributed by atoms with van der Waals surface area (Å²) in [4.78, 5) is 70.4. The number of aryl methyl sites for hydroxylation is 1. The van der Waals surface area contributed by atoms with Crippen LogP contribution in [0.4, 0.5) is 4.79 Å². The van der Waals surface area contributed by atoms with E-state index >= 15 is 0 Å². The first-order chi connectivity index (χ1) is 18.5. The normalized spacial score (nSPS) is 17.1. The summed E-state index contributed by atoms with van der Waals surface area (Å²) in [6, 6.07) is -2.75. The summed E-state index contributed by atoms with van der Waals surface area (Å²) in [5, 5.41) is 8.03. The van der Waals surface area contributed by atoms with Crippen LogP contribution in [0.1, 0.15) is 67.0 Å². The van der Waals surface area contributed by atoms with E-state index in [4.69, 9.17) is 9.47 Å². The van der Waals surface area contributed by atoms with Crippen molar-refractivity contribution in [3.05, 3.63) is 18.2 Å². The molecule has 0 unspecified atom stereocenters. The Morgan fingerprint density at radius 2 is 1.75 bits per heavy atom. The van der Waals surface area contributed by atoms with Gasteiger partial charge in [0.1, 0.15) is 29.3 Å². The molecule has 1 aliphatic heterocycles. The number of imidazole rings is 1. The average Bonchev–Trinajstić information content (AvgIpc) is 3.48. The third-order valence-electron chi connectivity index (χ3n) is 6.57. The van der Waals surface area contributed by atoms with Gasteiger partial charge in [-0.15, -0.1) is 0 Å². The van der Waals surface area contributed by atoms with Crippen molar-refractivity contribution < 1.29 is 33.4 Å². The second-order valence-electron chi connectivity index (χ2n) is 11.9. The highest BCUT2D eigenvalue weighted by Gasteiger charge is 2.41. The number of hydrogen-bond acceptors (Lipinski definition) is 8. The summed E-state index contributed by atoms with van der Waals surface area (Å²) in [6.45, 7) is 12.0. The van der Waals surface area contributed by atoms with Crippen LogP contribution < -0.4 is 16.0 Å². The zero-order chi connectivity index (χ0) is 30.4. The predicted molar refractivity (Wildman–Crippen MR) is 146 cm³/mol. The van der Waals surface area contributed by atoms with Crippen LogP contribution in [-0.2, 0) is 42.1 Å². The predicted octanol–water partition coefficient (Wildman–Crippen LogP) is 1.06. The first-order valence-electron chi connectivity index (χ1n) is 13.4. The lowest BCUT2D eigenvalue weighted by Gasteiger charge is -2.33. The zero-order valence-electron chi connectivity index (χ0n) is 25.0. The van der Waals surface area contributed by atoms with Crippen molar-refractivity contribution in [2.75, 3.05) is 13.7 Å². The number of carbonyl (C=O) groups is 5. The van der Waals surface area contributed by atoms with Gasteiger partial charge in [-0.2, -0.15) is 0 Å². The molecule has 3 atom stereocenters. The third-order valence-corrected chi connectivity index (χ3v) is 6.57. The smallest absolute Gasteiger partial charge is 0.408 e. The van der Waals surface area contributed by atoms with Gasteiger partial charge in [0, 0.05) is 31.9 Å². The van der Waals surface area contributed by atoms with Gasteiger partial charge in [-0.3, -0.25) is 14.4 Å². The Morgan fingerprint density at radius 3 is 2.27 bits per heavy atom. The summed E-state index contributed by atoms with van der Waals surface area (Å²) < 4.78 is 11.9. The van der Waals surface area contributed by atoms with Crippen molar-refractivity contribution in [1.29, 1.82) is 0 Å². The number of nitrogens with one attached hydrogen (secondary N) is 3. The fourth-order valence-electron chi connectivity index (χ4n) is 4.34.